The monoisotopic (exact) mass is 278 g/mol. The number of pyridine rings is 1. The summed E-state index contributed by atoms with van der Waals surface area (Å²) in [5, 5.41) is 11.4. The average molecular weight is 278 g/mol. The van der Waals surface area contributed by atoms with Gasteiger partial charge in [0.1, 0.15) is 5.69 Å². The lowest BCUT2D eigenvalue weighted by Gasteiger charge is -2.15. The number of carbonyl (C=O) groups is 1. The highest BCUT2D eigenvalue weighted by molar-refractivity contribution is 5.94. The van der Waals surface area contributed by atoms with Gasteiger partial charge in [-0.15, -0.1) is 0 Å². The van der Waals surface area contributed by atoms with E-state index in [1.165, 1.54) is 7.11 Å². The molecule has 0 fully saturated rings. The molecule has 8 heteroatoms. The van der Waals surface area contributed by atoms with Gasteiger partial charge in [-0.05, 0) is 12.1 Å². The molecule has 0 bridgehead atoms. The molecule has 1 aromatic rings. The van der Waals surface area contributed by atoms with Crippen LogP contribution in [0.1, 0.15) is 16.1 Å². The summed E-state index contributed by atoms with van der Waals surface area (Å²) in [7, 11) is 1.40. The summed E-state index contributed by atoms with van der Waals surface area (Å²) >= 11 is 0. The first kappa shape index (κ1) is 15.4. The molecule has 106 valence electrons. The fourth-order valence-electron chi connectivity index (χ4n) is 1.31. The Morgan fingerprint density at radius 2 is 2.21 bits per heavy atom. The van der Waals surface area contributed by atoms with Crippen LogP contribution in [0.2, 0.25) is 0 Å². The second-order valence-electron chi connectivity index (χ2n) is 3.74. The third-order valence-electron chi connectivity index (χ3n) is 2.24. The van der Waals surface area contributed by atoms with Crippen molar-refractivity contribution in [2.75, 3.05) is 20.3 Å². The van der Waals surface area contributed by atoms with E-state index in [0.717, 1.165) is 18.3 Å². The molecule has 0 aromatic carbocycles. The van der Waals surface area contributed by atoms with Gasteiger partial charge in [-0.1, -0.05) is 0 Å². The number of aliphatic hydroxyl groups excluding tert-OH is 1. The Balaban J connectivity index is 2.73. The van der Waals surface area contributed by atoms with E-state index in [2.05, 4.69) is 10.3 Å². The van der Waals surface area contributed by atoms with Crippen molar-refractivity contribution in [3.05, 3.63) is 29.6 Å². The van der Waals surface area contributed by atoms with Crippen molar-refractivity contribution in [3.8, 4) is 0 Å². The maximum absolute atomic E-state index is 12.3. The van der Waals surface area contributed by atoms with Crippen LogP contribution in [0, 0.1) is 0 Å². The molecule has 0 radical (unpaired) electrons. The number of halogens is 3. The Labute approximate surface area is 107 Å². The van der Waals surface area contributed by atoms with Crippen molar-refractivity contribution in [1.29, 1.82) is 0 Å². The molecule has 1 aromatic heterocycles. The van der Waals surface area contributed by atoms with Crippen molar-refractivity contribution in [1.82, 2.24) is 10.3 Å². The number of nitrogens with zero attached hydrogens (tertiary/aromatic N) is 1. The van der Waals surface area contributed by atoms with Crippen LogP contribution >= 0.6 is 0 Å². The van der Waals surface area contributed by atoms with Gasteiger partial charge < -0.3 is 15.2 Å². The normalized spacial score (nSPS) is 13.1. The minimum Gasteiger partial charge on any atom is -0.394 e. The molecule has 1 atom stereocenters. The molecule has 1 amide bonds. The van der Waals surface area contributed by atoms with Gasteiger partial charge in [-0.2, -0.15) is 13.2 Å². The topological polar surface area (TPSA) is 71.5 Å². The van der Waals surface area contributed by atoms with Crippen LogP contribution in [-0.4, -0.2) is 42.4 Å². The smallest absolute Gasteiger partial charge is 0.394 e. The Morgan fingerprint density at radius 1 is 1.53 bits per heavy atom. The van der Waals surface area contributed by atoms with Gasteiger partial charge >= 0.3 is 6.18 Å². The Bertz CT molecular complexity index is 420. The summed E-state index contributed by atoms with van der Waals surface area (Å²) in [5.74, 6) is -0.627. The maximum atomic E-state index is 12.3. The first-order valence-electron chi connectivity index (χ1n) is 5.32. The lowest BCUT2D eigenvalue weighted by Crippen LogP contribution is -2.40. The molecule has 5 nitrogen and oxygen atoms in total. The summed E-state index contributed by atoms with van der Waals surface area (Å²) in [4.78, 5) is 14.8. The van der Waals surface area contributed by atoms with Crippen LogP contribution in [0.25, 0.3) is 0 Å². The third-order valence-corrected chi connectivity index (χ3v) is 2.24. The predicted octanol–water partition coefficient (Wildman–Crippen LogP) is 0.837. The molecular weight excluding hydrogens is 265 g/mol. The molecule has 0 spiro atoms. The van der Waals surface area contributed by atoms with Crippen LogP contribution in [0.5, 0.6) is 0 Å². The molecule has 1 unspecified atom stereocenters. The van der Waals surface area contributed by atoms with Crippen LogP contribution < -0.4 is 5.32 Å². The van der Waals surface area contributed by atoms with E-state index >= 15 is 0 Å². The second kappa shape index (κ2) is 6.48. The van der Waals surface area contributed by atoms with Gasteiger partial charge in [0.2, 0.25) is 0 Å². The summed E-state index contributed by atoms with van der Waals surface area (Å²) < 4.78 is 41.6. The van der Waals surface area contributed by atoms with Crippen molar-refractivity contribution in [2.45, 2.75) is 12.2 Å². The zero-order valence-corrected chi connectivity index (χ0v) is 10.1. The van der Waals surface area contributed by atoms with Gasteiger partial charge in [0.05, 0.1) is 24.8 Å². The van der Waals surface area contributed by atoms with E-state index in [-0.39, 0.29) is 18.8 Å². The largest absolute Gasteiger partial charge is 0.433 e. The number of rotatable bonds is 5. The number of hydrogen-bond donors (Lipinski definition) is 2. The lowest BCUT2D eigenvalue weighted by atomic mass is 10.2. The minimum atomic E-state index is -4.54. The highest BCUT2D eigenvalue weighted by Gasteiger charge is 2.32. The summed E-state index contributed by atoms with van der Waals surface area (Å²) in [5.41, 5.74) is -1.10. The molecular formula is C11H13F3N2O3. The average Bonchev–Trinajstić information content (AvgIpc) is 2.37. The first-order chi connectivity index (χ1) is 8.88. The van der Waals surface area contributed by atoms with Crippen molar-refractivity contribution in [2.24, 2.45) is 0 Å². The lowest BCUT2D eigenvalue weighted by molar-refractivity contribution is -0.141. The fourth-order valence-corrected chi connectivity index (χ4v) is 1.31. The van der Waals surface area contributed by atoms with Gasteiger partial charge in [0, 0.05) is 13.3 Å². The summed E-state index contributed by atoms with van der Waals surface area (Å²) in [6.07, 6.45) is -3.71. The van der Waals surface area contributed by atoms with Crippen molar-refractivity contribution >= 4 is 5.91 Å². The van der Waals surface area contributed by atoms with Crippen LogP contribution in [0.3, 0.4) is 0 Å². The van der Waals surface area contributed by atoms with E-state index in [0.29, 0.717) is 0 Å². The number of amides is 1. The van der Waals surface area contributed by atoms with Gasteiger partial charge in [0.25, 0.3) is 5.91 Å². The van der Waals surface area contributed by atoms with Gasteiger partial charge in [-0.25, -0.2) is 0 Å². The molecule has 1 heterocycles. The van der Waals surface area contributed by atoms with E-state index in [1.54, 1.807) is 0 Å². The molecule has 0 saturated heterocycles. The summed E-state index contributed by atoms with van der Waals surface area (Å²) in [6, 6.07) is 1.12. The zero-order valence-electron chi connectivity index (χ0n) is 10.1. The van der Waals surface area contributed by atoms with Gasteiger partial charge in [0.15, 0.2) is 0 Å². The zero-order chi connectivity index (χ0) is 14.5. The number of hydrogen-bond acceptors (Lipinski definition) is 4. The SMILES string of the molecule is COCC(CO)NC(=O)c1ccc(C(F)(F)F)nc1. The van der Waals surface area contributed by atoms with E-state index < -0.39 is 23.8 Å². The predicted molar refractivity (Wildman–Crippen MR) is 59.5 cm³/mol. The molecule has 0 saturated carbocycles. The number of alkyl halides is 3. The third kappa shape index (κ3) is 4.49. The molecule has 0 aliphatic heterocycles. The minimum absolute atomic E-state index is 0.0254. The molecule has 19 heavy (non-hydrogen) atoms. The van der Waals surface area contributed by atoms with Crippen LogP contribution in [-0.2, 0) is 10.9 Å². The van der Waals surface area contributed by atoms with Crippen molar-refractivity contribution < 1.29 is 27.8 Å². The number of nitrogens with one attached hydrogen (secondary N) is 1. The second-order valence-corrected chi connectivity index (χ2v) is 3.74. The highest BCUT2D eigenvalue weighted by atomic mass is 19.4. The Hall–Kier alpha value is -1.67. The fraction of sp³-hybridized carbons (Fsp3) is 0.455. The highest BCUT2D eigenvalue weighted by Crippen LogP contribution is 2.27. The number of aliphatic hydroxyl groups is 1. The molecule has 1 rings (SSSR count). The molecule has 0 aliphatic rings. The van der Waals surface area contributed by atoms with Crippen LogP contribution in [0.15, 0.2) is 18.3 Å². The Kier molecular flexibility index (Phi) is 5.25. The number of methoxy groups -OCH3 is 1. The van der Waals surface area contributed by atoms with E-state index in [9.17, 15) is 18.0 Å². The number of ether oxygens (including phenoxy) is 1. The number of aromatic nitrogens is 1. The molecule has 0 aliphatic carbocycles. The van der Waals surface area contributed by atoms with Crippen LogP contribution in [0.4, 0.5) is 13.2 Å². The summed E-state index contributed by atoms with van der Waals surface area (Å²) in [6.45, 7) is -0.246. The first-order valence-corrected chi connectivity index (χ1v) is 5.32. The number of carbonyl (C=O) groups excluding carboxylic acids is 1. The van der Waals surface area contributed by atoms with E-state index in [4.69, 9.17) is 9.84 Å². The Morgan fingerprint density at radius 3 is 2.63 bits per heavy atom. The standard InChI is InChI=1S/C11H13F3N2O3/c1-19-6-8(5-17)16-10(18)7-2-3-9(15-4-7)11(12,13)14/h2-4,8,17H,5-6H2,1H3,(H,16,18). The maximum Gasteiger partial charge on any atom is 0.433 e. The van der Waals surface area contributed by atoms with E-state index in [1.807, 2.05) is 0 Å². The van der Waals surface area contributed by atoms with Crippen molar-refractivity contribution in [3.63, 3.8) is 0 Å². The molecule has 2 N–H and O–H groups in total. The quantitative estimate of drug-likeness (QED) is 0.837. The van der Waals surface area contributed by atoms with Gasteiger partial charge in [-0.3, -0.25) is 9.78 Å².